The van der Waals surface area contributed by atoms with Crippen molar-refractivity contribution < 1.29 is 14.7 Å². The molecule has 6 nitrogen and oxygen atoms in total. The van der Waals surface area contributed by atoms with Crippen LogP contribution in [0, 0.1) is 51.2 Å². The van der Waals surface area contributed by atoms with Gasteiger partial charge in [-0.05, 0) is 151 Å². The van der Waals surface area contributed by atoms with E-state index in [2.05, 4.69) is 99.6 Å². The summed E-state index contributed by atoms with van der Waals surface area (Å²) < 4.78 is 0. The van der Waals surface area contributed by atoms with Crippen LogP contribution in [0.25, 0.3) is 5.57 Å². The van der Waals surface area contributed by atoms with Crippen LogP contribution in [-0.4, -0.2) is 64.0 Å². The summed E-state index contributed by atoms with van der Waals surface area (Å²) in [5, 5.41) is 13.4. The second kappa shape index (κ2) is 13.4. The molecule has 0 unspecified atom stereocenters. The first-order valence-corrected chi connectivity index (χ1v) is 22.1. The molecule has 0 radical (unpaired) electrons. The van der Waals surface area contributed by atoms with E-state index in [1.807, 2.05) is 12.1 Å². The van der Waals surface area contributed by atoms with E-state index in [1.54, 1.807) is 12.1 Å². The average Bonchev–Trinajstić information content (AvgIpc) is 3.85. The van der Waals surface area contributed by atoms with Gasteiger partial charge in [0, 0.05) is 37.3 Å². The number of carbonyl (C=O) groups excluding carboxylic acids is 1. The molecule has 2 heterocycles. The maximum Gasteiger partial charge on any atom is 0.335 e. The van der Waals surface area contributed by atoms with E-state index >= 15 is 0 Å². The molecule has 2 aliphatic heterocycles. The van der Waals surface area contributed by atoms with Crippen LogP contribution in [0.5, 0.6) is 0 Å². The lowest BCUT2D eigenvalue weighted by Crippen LogP contribution is -2.68. The summed E-state index contributed by atoms with van der Waals surface area (Å²) in [6.45, 7) is 23.4. The standard InChI is InChI=1S/C50H67N3O3/c1-32(2)38-19-24-50(51-43(54)31-53-30-36-27-37(53)29-52(36)28-33-11-9-8-10-12-33)26-25-48(6)40(44(38)50)17-18-42-47(5)22-20-39(34-13-15-35(16-14-34)45(55)56)46(3,4)41(47)21-23-49(42,48)7/h8-16,20,36-38,40-42,44H,1,17-19,21-31H2,2-7H3,(H,51,54)(H,55,56)/t36-,37+,38-,40+,41-,42+,44+,47-,48+,49+,50-/m0/s1. The number of rotatable bonds is 8. The summed E-state index contributed by atoms with van der Waals surface area (Å²) in [4.78, 5) is 31.0. The molecule has 5 aliphatic carbocycles. The Morgan fingerprint density at radius 2 is 1.54 bits per heavy atom. The molecule has 6 heteroatoms. The van der Waals surface area contributed by atoms with E-state index in [1.165, 1.54) is 60.8 Å². The van der Waals surface area contributed by atoms with Crippen LogP contribution in [0.4, 0.5) is 0 Å². The van der Waals surface area contributed by atoms with Crippen molar-refractivity contribution >= 4 is 17.4 Å². The molecule has 2 saturated heterocycles. The molecular weight excluding hydrogens is 691 g/mol. The number of piperazine rings is 1. The number of nitrogens with zero attached hydrogens (tertiary/aromatic N) is 2. The molecule has 4 saturated carbocycles. The number of carbonyl (C=O) groups is 2. The van der Waals surface area contributed by atoms with Crippen molar-refractivity contribution in [3.05, 3.63) is 89.5 Å². The quantitative estimate of drug-likeness (QED) is 0.263. The number of allylic oxidation sites excluding steroid dienone is 3. The molecule has 0 aromatic heterocycles. The lowest BCUT2D eigenvalue weighted by molar-refractivity contribution is -0.219. The number of hydrogen-bond donors (Lipinski definition) is 2. The summed E-state index contributed by atoms with van der Waals surface area (Å²) in [5.74, 6) is 2.08. The van der Waals surface area contributed by atoms with Gasteiger partial charge in [-0.25, -0.2) is 4.79 Å². The largest absolute Gasteiger partial charge is 0.478 e. The van der Waals surface area contributed by atoms with E-state index in [4.69, 9.17) is 0 Å². The number of carboxylic acids is 1. The number of carboxylic acid groups (broad SMARTS) is 1. The molecule has 1 amide bonds. The van der Waals surface area contributed by atoms with Gasteiger partial charge in [0.2, 0.25) is 5.91 Å². The van der Waals surface area contributed by atoms with Crippen molar-refractivity contribution in [1.29, 1.82) is 0 Å². The van der Waals surface area contributed by atoms with Crippen molar-refractivity contribution in [1.82, 2.24) is 15.1 Å². The van der Waals surface area contributed by atoms with Gasteiger partial charge in [0.05, 0.1) is 12.1 Å². The minimum atomic E-state index is -0.869. The van der Waals surface area contributed by atoms with Crippen LogP contribution < -0.4 is 5.32 Å². The van der Waals surface area contributed by atoms with Crippen LogP contribution >= 0.6 is 0 Å². The maximum atomic E-state index is 14.3. The fraction of sp³-hybridized carbons (Fsp3) is 0.640. The molecule has 300 valence electrons. The minimum absolute atomic E-state index is 0.00561. The molecule has 2 aromatic carbocycles. The zero-order valence-corrected chi connectivity index (χ0v) is 35.1. The second-order valence-corrected chi connectivity index (χ2v) is 21.2. The summed E-state index contributed by atoms with van der Waals surface area (Å²) >= 11 is 0. The molecule has 2 bridgehead atoms. The molecule has 6 fully saturated rings. The van der Waals surface area contributed by atoms with Crippen LogP contribution in [0.15, 0.2) is 72.8 Å². The fourth-order valence-corrected chi connectivity index (χ4v) is 15.8. The van der Waals surface area contributed by atoms with Crippen LogP contribution in [0.2, 0.25) is 0 Å². The highest BCUT2D eigenvalue weighted by Crippen LogP contribution is 2.76. The number of hydrogen-bond acceptors (Lipinski definition) is 4. The molecule has 0 spiro atoms. The Balaban J connectivity index is 0.935. The van der Waals surface area contributed by atoms with Gasteiger partial charge in [-0.2, -0.15) is 0 Å². The van der Waals surface area contributed by atoms with Crippen molar-refractivity contribution in [2.75, 3.05) is 19.6 Å². The molecule has 11 atom stereocenters. The summed E-state index contributed by atoms with van der Waals surface area (Å²) in [6.07, 6.45) is 14.3. The number of aromatic carboxylic acids is 1. The van der Waals surface area contributed by atoms with Crippen LogP contribution in [0.1, 0.15) is 127 Å². The third kappa shape index (κ3) is 5.68. The van der Waals surface area contributed by atoms with Crippen molar-refractivity contribution in [2.45, 2.75) is 130 Å². The average molecular weight is 758 g/mol. The Bertz CT molecular complexity index is 1920. The predicted octanol–water partition coefficient (Wildman–Crippen LogP) is 9.86. The van der Waals surface area contributed by atoms with Crippen LogP contribution in [0.3, 0.4) is 0 Å². The van der Waals surface area contributed by atoms with Gasteiger partial charge in [0.1, 0.15) is 0 Å². The third-order valence-corrected chi connectivity index (χ3v) is 18.5. The zero-order valence-electron chi connectivity index (χ0n) is 35.1. The lowest BCUT2D eigenvalue weighted by atomic mass is 9.33. The van der Waals surface area contributed by atoms with E-state index in [-0.39, 0.29) is 33.1 Å². The monoisotopic (exact) mass is 758 g/mol. The lowest BCUT2D eigenvalue weighted by Gasteiger charge is -2.72. The Labute approximate surface area is 336 Å². The molecule has 7 aliphatic rings. The number of likely N-dealkylation sites (tertiary alicyclic amines) is 2. The summed E-state index contributed by atoms with van der Waals surface area (Å²) in [6, 6.07) is 19.5. The maximum absolute atomic E-state index is 14.3. The van der Waals surface area contributed by atoms with Gasteiger partial charge in [-0.3, -0.25) is 14.6 Å². The zero-order chi connectivity index (χ0) is 39.4. The van der Waals surface area contributed by atoms with Gasteiger partial charge in [0.25, 0.3) is 0 Å². The number of amides is 1. The molecule has 2 aromatic rings. The van der Waals surface area contributed by atoms with Gasteiger partial charge in [-0.1, -0.05) is 95.3 Å². The first-order valence-electron chi connectivity index (χ1n) is 22.1. The topological polar surface area (TPSA) is 72.9 Å². The van der Waals surface area contributed by atoms with E-state index in [9.17, 15) is 14.7 Å². The van der Waals surface area contributed by atoms with Crippen LogP contribution in [-0.2, 0) is 11.3 Å². The SMILES string of the molecule is C=C(C)[C@@H]1CC[C@]2(NC(=O)CN3C[C@@H]4C[C@@H]3CN4Cc3ccccc3)CC[C@]3(C)[C@H](CC[C@@H]4[C@@]5(C)CC=C(c6ccc(C(=O)O)cc6)C(C)(C)[C@@H]5CC[C@]43C)[C@@H]12. The normalized spacial score (nSPS) is 41.2. The first kappa shape index (κ1) is 38.3. The Morgan fingerprint density at radius 3 is 2.21 bits per heavy atom. The molecular formula is C50H67N3O3. The van der Waals surface area contributed by atoms with Crippen molar-refractivity contribution in [2.24, 2.45) is 51.2 Å². The Hall–Kier alpha value is -3.22. The first-order chi connectivity index (χ1) is 26.6. The minimum Gasteiger partial charge on any atom is -0.478 e. The second-order valence-electron chi connectivity index (χ2n) is 21.2. The third-order valence-electron chi connectivity index (χ3n) is 18.5. The van der Waals surface area contributed by atoms with Gasteiger partial charge >= 0.3 is 5.97 Å². The number of benzene rings is 2. The predicted molar refractivity (Wildman–Crippen MR) is 225 cm³/mol. The summed E-state index contributed by atoms with van der Waals surface area (Å²) in [7, 11) is 0. The van der Waals surface area contributed by atoms with Gasteiger partial charge in [0.15, 0.2) is 0 Å². The van der Waals surface area contributed by atoms with E-state index in [0.717, 1.165) is 45.3 Å². The number of fused-ring (bicyclic) bond motifs is 9. The molecule has 56 heavy (non-hydrogen) atoms. The van der Waals surface area contributed by atoms with Crippen molar-refractivity contribution in [3.63, 3.8) is 0 Å². The Morgan fingerprint density at radius 1 is 0.821 bits per heavy atom. The molecule has 9 rings (SSSR count). The fourth-order valence-electron chi connectivity index (χ4n) is 15.8. The summed E-state index contributed by atoms with van der Waals surface area (Å²) in [5.41, 5.74) is 6.11. The molecule has 2 N–H and O–H groups in total. The van der Waals surface area contributed by atoms with E-state index in [0.29, 0.717) is 53.8 Å². The van der Waals surface area contributed by atoms with E-state index < -0.39 is 5.97 Å². The Kier molecular flexibility index (Phi) is 9.17. The highest BCUT2D eigenvalue weighted by Gasteiger charge is 2.70. The number of nitrogens with one attached hydrogen (secondary N) is 1. The smallest absolute Gasteiger partial charge is 0.335 e. The highest BCUT2D eigenvalue weighted by atomic mass is 16.4. The van der Waals surface area contributed by atoms with Gasteiger partial charge in [-0.15, -0.1) is 0 Å². The van der Waals surface area contributed by atoms with Crippen molar-refractivity contribution in [3.8, 4) is 0 Å². The van der Waals surface area contributed by atoms with Gasteiger partial charge < -0.3 is 10.4 Å². The highest BCUT2D eigenvalue weighted by molar-refractivity contribution is 5.88.